The Kier molecular flexibility index (Phi) is 6.58. The molecule has 2 aromatic rings. The number of ether oxygens (including phenoxy) is 2. The van der Waals surface area contributed by atoms with E-state index >= 15 is 0 Å². The van der Waals surface area contributed by atoms with Crippen LogP contribution in [-0.2, 0) is 27.6 Å². The third-order valence-electron chi connectivity index (χ3n) is 6.65. The zero-order valence-electron chi connectivity index (χ0n) is 18.7. The monoisotopic (exact) mass is 443 g/mol. The third kappa shape index (κ3) is 4.60. The fraction of sp³-hybridized carbons (Fsp3) is 0.520. The first-order valence-electron chi connectivity index (χ1n) is 11.4. The van der Waals surface area contributed by atoms with Crippen LogP contribution in [0.25, 0.3) is 0 Å². The molecule has 0 N–H and O–H groups in total. The molecule has 2 heterocycles. The Bertz CT molecular complexity index is 997. The molecule has 6 heteroatoms. The summed E-state index contributed by atoms with van der Waals surface area (Å²) >= 11 is 0. The highest BCUT2D eigenvalue weighted by molar-refractivity contribution is 7.92. The van der Waals surface area contributed by atoms with Gasteiger partial charge in [0.1, 0.15) is 5.75 Å². The average molecular weight is 444 g/mol. The molecule has 0 saturated carbocycles. The number of anilines is 1. The number of benzene rings is 2. The molecule has 4 rings (SSSR count). The number of hydrogen-bond donors (Lipinski definition) is 0. The van der Waals surface area contributed by atoms with Crippen molar-refractivity contribution in [3.63, 3.8) is 0 Å². The normalized spacial score (nSPS) is 20.9. The van der Waals surface area contributed by atoms with Crippen molar-refractivity contribution >= 4 is 15.7 Å². The molecular formula is C25H33NO4S. The molecule has 0 unspecified atom stereocenters. The van der Waals surface area contributed by atoms with Gasteiger partial charge in [-0.15, -0.1) is 0 Å². The number of nitrogens with zero attached hydrogens (tertiary/aromatic N) is 1. The van der Waals surface area contributed by atoms with Crippen molar-refractivity contribution in [2.75, 3.05) is 17.5 Å². The molecule has 1 fully saturated rings. The summed E-state index contributed by atoms with van der Waals surface area (Å²) in [6, 6.07) is 13.0. The minimum absolute atomic E-state index is 0.0746. The van der Waals surface area contributed by atoms with Crippen LogP contribution in [-0.4, -0.2) is 33.8 Å². The highest BCUT2D eigenvalue weighted by atomic mass is 32.2. The van der Waals surface area contributed by atoms with E-state index < -0.39 is 10.0 Å². The van der Waals surface area contributed by atoms with E-state index in [2.05, 4.69) is 19.9 Å². The topological polar surface area (TPSA) is 55.8 Å². The predicted molar refractivity (Wildman–Crippen MR) is 123 cm³/mol. The van der Waals surface area contributed by atoms with E-state index in [4.69, 9.17) is 9.47 Å². The quantitative estimate of drug-likeness (QED) is 0.632. The maximum Gasteiger partial charge on any atom is 0.264 e. The first kappa shape index (κ1) is 22.2. The van der Waals surface area contributed by atoms with Crippen LogP contribution in [0.2, 0.25) is 0 Å². The van der Waals surface area contributed by atoms with Crippen molar-refractivity contribution in [3.05, 3.63) is 53.6 Å². The summed E-state index contributed by atoms with van der Waals surface area (Å²) < 4.78 is 40.3. The molecule has 1 saturated heterocycles. The van der Waals surface area contributed by atoms with Crippen LogP contribution in [0.5, 0.6) is 5.75 Å². The second-order valence-electron chi connectivity index (χ2n) is 8.75. The van der Waals surface area contributed by atoms with Gasteiger partial charge in [0.05, 0.1) is 16.7 Å². The van der Waals surface area contributed by atoms with Crippen LogP contribution >= 0.6 is 0 Å². The molecule has 2 atom stereocenters. The maximum absolute atomic E-state index is 13.6. The molecule has 0 aromatic heterocycles. The fourth-order valence-electron chi connectivity index (χ4n) is 4.66. The SMILES string of the molecule is CCc1ccc2c(c1)CC[C@H](C)N2S(=O)(=O)c1ccc(O[C@@H](C)C2CCOCC2)cc1. The number of hydrogen-bond acceptors (Lipinski definition) is 4. The van der Waals surface area contributed by atoms with Gasteiger partial charge < -0.3 is 9.47 Å². The van der Waals surface area contributed by atoms with Crippen molar-refractivity contribution in [2.24, 2.45) is 5.92 Å². The largest absolute Gasteiger partial charge is 0.490 e. The van der Waals surface area contributed by atoms with Gasteiger partial charge in [-0.3, -0.25) is 4.31 Å². The first-order chi connectivity index (χ1) is 14.9. The minimum atomic E-state index is -3.65. The lowest BCUT2D eigenvalue weighted by atomic mass is 9.95. The average Bonchev–Trinajstić information content (AvgIpc) is 2.79. The molecular weight excluding hydrogens is 410 g/mol. The van der Waals surface area contributed by atoms with E-state index in [1.807, 2.05) is 19.1 Å². The molecule has 2 aliphatic heterocycles. The van der Waals surface area contributed by atoms with E-state index in [1.165, 1.54) is 5.56 Å². The Labute approximate surface area is 186 Å². The van der Waals surface area contributed by atoms with Crippen LogP contribution in [0.4, 0.5) is 5.69 Å². The highest BCUT2D eigenvalue weighted by Gasteiger charge is 2.34. The van der Waals surface area contributed by atoms with Crippen LogP contribution < -0.4 is 9.04 Å². The van der Waals surface area contributed by atoms with Gasteiger partial charge in [-0.2, -0.15) is 0 Å². The van der Waals surface area contributed by atoms with Gasteiger partial charge in [0.2, 0.25) is 0 Å². The molecule has 0 bridgehead atoms. The summed E-state index contributed by atoms with van der Waals surface area (Å²) in [5, 5.41) is 0. The van der Waals surface area contributed by atoms with Gasteiger partial charge in [-0.1, -0.05) is 19.1 Å². The smallest absolute Gasteiger partial charge is 0.264 e. The Morgan fingerprint density at radius 1 is 1.10 bits per heavy atom. The zero-order chi connectivity index (χ0) is 22.0. The van der Waals surface area contributed by atoms with E-state index in [1.54, 1.807) is 28.6 Å². The minimum Gasteiger partial charge on any atom is -0.490 e. The van der Waals surface area contributed by atoms with E-state index in [0.29, 0.717) is 16.6 Å². The predicted octanol–water partition coefficient (Wildman–Crippen LogP) is 4.97. The van der Waals surface area contributed by atoms with Gasteiger partial charge in [0, 0.05) is 19.3 Å². The zero-order valence-corrected chi connectivity index (χ0v) is 19.5. The summed E-state index contributed by atoms with van der Waals surface area (Å²) in [6.07, 6.45) is 4.76. The molecule has 0 amide bonds. The standard InChI is InChI=1S/C25H33NO4S/c1-4-20-6-12-25-22(17-20)7-5-18(2)26(25)31(27,28)24-10-8-23(9-11-24)30-19(3)21-13-15-29-16-14-21/h6,8-12,17-19,21H,4-5,7,13-16H2,1-3H3/t18-,19-/m0/s1. The van der Waals surface area contributed by atoms with Crippen molar-refractivity contribution in [1.29, 1.82) is 0 Å². The van der Waals surface area contributed by atoms with Gasteiger partial charge in [0.15, 0.2) is 0 Å². The lowest BCUT2D eigenvalue weighted by molar-refractivity contribution is 0.0239. The highest BCUT2D eigenvalue weighted by Crippen LogP contribution is 2.36. The molecule has 0 aliphatic carbocycles. The summed E-state index contributed by atoms with van der Waals surface area (Å²) in [4.78, 5) is 0.304. The van der Waals surface area contributed by atoms with Crippen molar-refractivity contribution < 1.29 is 17.9 Å². The Morgan fingerprint density at radius 3 is 2.48 bits per heavy atom. The van der Waals surface area contributed by atoms with Crippen molar-refractivity contribution in [2.45, 2.75) is 69.9 Å². The Hall–Kier alpha value is -2.05. The van der Waals surface area contributed by atoms with Gasteiger partial charge in [-0.25, -0.2) is 8.42 Å². The maximum atomic E-state index is 13.6. The molecule has 168 valence electrons. The Morgan fingerprint density at radius 2 is 1.81 bits per heavy atom. The van der Waals surface area contributed by atoms with Gasteiger partial charge in [0.25, 0.3) is 10.0 Å². The van der Waals surface area contributed by atoms with Crippen LogP contribution in [0.3, 0.4) is 0 Å². The molecule has 2 aliphatic rings. The number of aryl methyl sites for hydroxylation is 2. The third-order valence-corrected chi connectivity index (χ3v) is 8.60. The summed E-state index contributed by atoms with van der Waals surface area (Å²) in [5.41, 5.74) is 3.17. The van der Waals surface area contributed by atoms with Crippen LogP contribution in [0.1, 0.15) is 51.2 Å². The summed E-state index contributed by atoms with van der Waals surface area (Å²) in [6.45, 7) is 7.75. The van der Waals surface area contributed by atoms with Crippen molar-refractivity contribution in [3.8, 4) is 5.75 Å². The fourth-order valence-corrected chi connectivity index (χ4v) is 6.38. The molecule has 5 nitrogen and oxygen atoms in total. The lowest BCUT2D eigenvalue weighted by Gasteiger charge is -2.36. The van der Waals surface area contributed by atoms with Gasteiger partial charge >= 0.3 is 0 Å². The van der Waals surface area contributed by atoms with E-state index in [-0.39, 0.29) is 12.1 Å². The summed E-state index contributed by atoms with van der Waals surface area (Å²) in [5.74, 6) is 1.17. The molecule has 0 spiro atoms. The number of rotatable bonds is 6. The molecule has 0 radical (unpaired) electrons. The molecule has 31 heavy (non-hydrogen) atoms. The second kappa shape index (κ2) is 9.21. The van der Waals surface area contributed by atoms with Crippen LogP contribution in [0.15, 0.2) is 47.4 Å². The van der Waals surface area contributed by atoms with Gasteiger partial charge in [-0.05, 0) is 93.3 Å². The summed E-state index contributed by atoms with van der Waals surface area (Å²) in [7, 11) is -3.65. The number of fused-ring (bicyclic) bond motifs is 1. The first-order valence-corrected chi connectivity index (χ1v) is 12.8. The number of sulfonamides is 1. The van der Waals surface area contributed by atoms with Crippen LogP contribution in [0, 0.1) is 5.92 Å². The van der Waals surface area contributed by atoms with Crippen molar-refractivity contribution in [1.82, 2.24) is 0 Å². The van der Waals surface area contributed by atoms with E-state index in [0.717, 1.165) is 56.6 Å². The van der Waals surface area contributed by atoms with E-state index in [9.17, 15) is 8.42 Å². The second-order valence-corrected chi connectivity index (χ2v) is 10.6. The Balaban J connectivity index is 1.55. The lowest BCUT2D eigenvalue weighted by Crippen LogP contribution is -2.42. The molecule has 2 aromatic carbocycles.